The Kier molecular flexibility index (Phi) is 4.08. The molecule has 1 aromatic heterocycles. The van der Waals surface area contributed by atoms with Gasteiger partial charge in [-0.1, -0.05) is 18.5 Å². The molecule has 1 N–H and O–H groups in total. The highest BCUT2D eigenvalue weighted by molar-refractivity contribution is 6.34. The number of hydrogen-bond acceptors (Lipinski definition) is 3. The van der Waals surface area contributed by atoms with Gasteiger partial charge >= 0.3 is 0 Å². The van der Waals surface area contributed by atoms with Crippen LogP contribution in [0.4, 0.5) is 0 Å². The molecule has 25 heavy (non-hydrogen) atoms. The normalized spacial score (nSPS) is 27.9. The summed E-state index contributed by atoms with van der Waals surface area (Å²) < 4.78 is 1.72. The van der Waals surface area contributed by atoms with Crippen molar-refractivity contribution in [1.82, 2.24) is 14.7 Å². The standard InChI is InChI=1S/C19H22ClN3O2/c1-2-19(12-24)11-14-5-7-17(19)23(14)18(25)15-10-13(4-6-16(15)20)22-9-3-8-21-22/h3-4,6,8-10,14,17,24H,2,5,7,11-12H2,1H3/t14-,17+,19-/m0/s1. The minimum atomic E-state index is -0.162. The van der Waals surface area contributed by atoms with E-state index in [1.54, 1.807) is 16.9 Å². The van der Waals surface area contributed by atoms with Gasteiger partial charge in [0.2, 0.25) is 0 Å². The van der Waals surface area contributed by atoms with E-state index in [9.17, 15) is 9.90 Å². The Morgan fingerprint density at radius 2 is 2.28 bits per heavy atom. The van der Waals surface area contributed by atoms with Crippen LogP contribution in [0.2, 0.25) is 5.02 Å². The lowest BCUT2D eigenvalue weighted by Gasteiger charge is -2.34. The van der Waals surface area contributed by atoms with Gasteiger partial charge in [-0.05, 0) is 49.9 Å². The van der Waals surface area contributed by atoms with Crippen molar-refractivity contribution in [2.45, 2.75) is 44.7 Å². The van der Waals surface area contributed by atoms with E-state index in [-0.39, 0.29) is 30.0 Å². The summed E-state index contributed by atoms with van der Waals surface area (Å²) in [5, 5.41) is 14.6. The van der Waals surface area contributed by atoms with Crippen LogP contribution in [0.15, 0.2) is 36.7 Å². The molecule has 132 valence electrons. The van der Waals surface area contributed by atoms with Crippen LogP contribution >= 0.6 is 11.6 Å². The van der Waals surface area contributed by atoms with Crippen LogP contribution in [-0.2, 0) is 0 Å². The van der Waals surface area contributed by atoms with Crippen molar-refractivity contribution in [1.29, 1.82) is 0 Å². The Bertz CT molecular complexity index is 786. The molecule has 3 heterocycles. The highest BCUT2D eigenvalue weighted by Crippen LogP contribution is 2.52. The predicted octanol–water partition coefficient (Wildman–Crippen LogP) is 3.29. The molecule has 0 spiro atoms. The largest absolute Gasteiger partial charge is 0.396 e. The van der Waals surface area contributed by atoms with Crippen molar-refractivity contribution < 1.29 is 9.90 Å². The molecule has 0 aliphatic carbocycles. The Morgan fingerprint density at radius 3 is 2.92 bits per heavy atom. The van der Waals surface area contributed by atoms with Crippen molar-refractivity contribution in [2.75, 3.05) is 6.61 Å². The average molecular weight is 360 g/mol. The molecule has 0 radical (unpaired) electrons. The molecule has 3 atom stereocenters. The lowest BCUT2D eigenvalue weighted by Crippen LogP contribution is -2.42. The van der Waals surface area contributed by atoms with Gasteiger partial charge in [0, 0.05) is 29.9 Å². The number of aromatic nitrogens is 2. The maximum atomic E-state index is 13.3. The quantitative estimate of drug-likeness (QED) is 0.911. The van der Waals surface area contributed by atoms with Crippen molar-refractivity contribution >= 4 is 17.5 Å². The monoisotopic (exact) mass is 359 g/mol. The Morgan fingerprint density at radius 1 is 1.44 bits per heavy atom. The average Bonchev–Trinajstić information content (AvgIpc) is 3.36. The first-order valence-corrected chi connectivity index (χ1v) is 9.20. The van der Waals surface area contributed by atoms with Crippen LogP contribution < -0.4 is 0 Å². The van der Waals surface area contributed by atoms with Crippen LogP contribution in [0.25, 0.3) is 5.69 Å². The molecule has 1 aromatic carbocycles. The number of fused-ring (bicyclic) bond motifs is 2. The maximum absolute atomic E-state index is 13.3. The van der Waals surface area contributed by atoms with E-state index in [2.05, 4.69) is 12.0 Å². The third kappa shape index (κ3) is 2.49. The Hall–Kier alpha value is -1.85. The van der Waals surface area contributed by atoms with Gasteiger partial charge in [0.15, 0.2) is 0 Å². The lowest BCUT2D eigenvalue weighted by molar-refractivity contribution is 0.0557. The van der Waals surface area contributed by atoms with Crippen molar-refractivity contribution in [2.24, 2.45) is 5.41 Å². The predicted molar refractivity (Wildman–Crippen MR) is 96.0 cm³/mol. The summed E-state index contributed by atoms with van der Waals surface area (Å²) in [5.74, 6) is -0.0321. The lowest BCUT2D eigenvalue weighted by atomic mass is 9.72. The minimum absolute atomic E-state index is 0.0321. The highest BCUT2D eigenvalue weighted by atomic mass is 35.5. The number of halogens is 1. The smallest absolute Gasteiger partial charge is 0.255 e. The molecule has 2 aromatic rings. The van der Waals surface area contributed by atoms with E-state index < -0.39 is 0 Å². The molecule has 2 bridgehead atoms. The fraction of sp³-hybridized carbons (Fsp3) is 0.474. The second-order valence-electron chi connectivity index (χ2n) is 7.15. The number of rotatable bonds is 4. The summed E-state index contributed by atoms with van der Waals surface area (Å²) in [7, 11) is 0. The number of aliphatic hydroxyl groups is 1. The number of benzene rings is 1. The molecule has 5 nitrogen and oxygen atoms in total. The first-order chi connectivity index (χ1) is 12.1. The number of nitrogens with zero attached hydrogens (tertiary/aromatic N) is 3. The summed E-state index contributed by atoms with van der Waals surface area (Å²) in [6.45, 7) is 2.24. The number of carbonyl (C=O) groups is 1. The zero-order valence-corrected chi connectivity index (χ0v) is 15.0. The van der Waals surface area contributed by atoms with E-state index in [4.69, 9.17) is 11.6 Å². The van der Waals surface area contributed by atoms with Crippen LogP contribution in [0.3, 0.4) is 0 Å². The summed E-state index contributed by atoms with van der Waals surface area (Å²) in [6, 6.07) is 7.56. The Labute approximate surface area is 152 Å². The van der Waals surface area contributed by atoms with Crippen molar-refractivity contribution in [3.8, 4) is 5.69 Å². The molecule has 2 aliphatic rings. The molecule has 0 saturated carbocycles. The van der Waals surface area contributed by atoms with E-state index in [1.165, 1.54) is 0 Å². The van der Waals surface area contributed by atoms with E-state index >= 15 is 0 Å². The highest BCUT2D eigenvalue weighted by Gasteiger charge is 2.56. The maximum Gasteiger partial charge on any atom is 0.255 e. The summed E-state index contributed by atoms with van der Waals surface area (Å²) in [6.07, 6.45) is 7.27. The first kappa shape index (κ1) is 16.6. The zero-order valence-electron chi connectivity index (χ0n) is 14.2. The molecule has 2 aliphatic heterocycles. The molecular weight excluding hydrogens is 338 g/mol. The molecule has 0 unspecified atom stereocenters. The van der Waals surface area contributed by atoms with Gasteiger partial charge in [-0.3, -0.25) is 4.79 Å². The number of carbonyl (C=O) groups excluding carboxylic acids is 1. The second-order valence-corrected chi connectivity index (χ2v) is 7.56. The zero-order chi connectivity index (χ0) is 17.6. The topological polar surface area (TPSA) is 58.4 Å². The SMILES string of the molecule is CC[C@@]1(CO)C[C@@H]2CC[C@H]1N2C(=O)c1cc(-n2cccn2)ccc1Cl. The third-order valence-electron chi connectivity index (χ3n) is 6.05. The van der Waals surface area contributed by atoms with Gasteiger partial charge in [0.1, 0.15) is 0 Å². The van der Waals surface area contributed by atoms with Crippen molar-refractivity contribution in [3.05, 3.63) is 47.2 Å². The molecule has 2 fully saturated rings. The third-order valence-corrected chi connectivity index (χ3v) is 6.38. The van der Waals surface area contributed by atoms with E-state index in [1.807, 2.05) is 29.3 Å². The number of hydrogen-bond donors (Lipinski definition) is 1. The van der Waals surface area contributed by atoms with Gasteiger partial charge in [-0.15, -0.1) is 0 Å². The molecule has 4 rings (SSSR count). The summed E-state index contributed by atoms with van der Waals surface area (Å²) in [4.78, 5) is 15.3. The van der Waals surface area contributed by atoms with E-state index in [0.29, 0.717) is 10.6 Å². The minimum Gasteiger partial charge on any atom is -0.396 e. The summed E-state index contributed by atoms with van der Waals surface area (Å²) in [5.41, 5.74) is 1.16. The van der Waals surface area contributed by atoms with Crippen LogP contribution in [0.5, 0.6) is 0 Å². The van der Waals surface area contributed by atoms with Gasteiger partial charge in [0.05, 0.1) is 22.9 Å². The molecular formula is C19H22ClN3O2. The summed E-state index contributed by atoms with van der Waals surface area (Å²) >= 11 is 6.36. The van der Waals surface area contributed by atoms with Crippen LogP contribution in [0.1, 0.15) is 43.0 Å². The molecule has 2 saturated heterocycles. The van der Waals surface area contributed by atoms with Gasteiger partial charge < -0.3 is 10.0 Å². The van der Waals surface area contributed by atoms with Gasteiger partial charge in [-0.2, -0.15) is 5.10 Å². The van der Waals surface area contributed by atoms with Crippen LogP contribution in [-0.4, -0.2) is 44.4 Å². The fourth-order valence-corrected chi connectivity index (χ4v) is 4.84. The number of amides is 1. The second kappa shape index (κ2) is 6.15. The van der Waals surface area contributed by atoms with E-state index in [0.717, 1.165) is 31.4 Å². The molecule has 1 amide bonds. The number of aliphatic hydroxyl groups excluding tert-OH is 1. The first-order valence-electron chi connectivity index (χ1n) is 8.83. The van der Waals surface area contributed by atoms with Crippen LogP contribution in [0, 0.1) is 5.41 Å². The Balaban J connectivity index is 1.69. The molecule has 6 heteroatoms. The van der Waals surface area contributed by atoms with Gasteiger partial charge in [-0.25, -0.2) is 4.68 Å². The van der Waals surface area contributed by atoms with Crippen molar-refractivity contribution in [3.63, 3.8) is 0 Å². The van der Waals surface area contributed by atoms with Gasteiger partial charge in [0.25, 0.3) is 5.91 Å². The fourth-order valence-electron chi connectivity index (χ4n) is 4.64.